The van der Waals surface area contributed by atoms with Crippen LogP contribution in [0.2, 0.25) is 0 Å². The fraction of sp³-hybridized carbons (Fsp3) is 0. The molecule has 0 unspecified atom stereocenters. The summed E-state index contributed by atoms with van der Waals surface area (Å²) in [5.41, 5.74) is 3.78. The summed E-state index contributed by atoms with van der Waals surface area (Å²) in [6, 6.07) is 39.1. The van der Waals surface area contributed by atoms with Gasteiger partial charge in [0.25, 0.3) is 0 Å². The van der Waals surface area contributed by atoms with Gasteiger partial charge in [0, 0.05) is 33.4 Å². The Balaban J connectivity index is 0.00000240. The number of hydrogen-bond donors (Lipinski definition) is 0. The predicted molar refractivity (Wildman–Crippen MR) is 141 cm³/mol. The van der Waals surface area contributed by atoms with Crippen LogP contribution in [0.3, 0.4) is 0 Å². The average Bonchev–Trinajstić information content (AvgIpc) is 3.49. The summed E-state index contributed by atoms with van der Waals surface area (Å²) < 4.78 is 14.4. The largest absolute Gasteiger partial charge is 2.00 e. The third-order valence-corrected chi connectivity index (χ3v) is 7.16. The van der Waals surface area contributed by atoms with E-state index in [-0.39, 0.29) is 27.3 Å². The Morgan fingerprint density at radius 1 is 0.778 bits per heavy atom. The van der Waals surface area contributed by atoms with Crippen LogP contribution in [0.25, 0.3) is 27.6 Å². The van der Waals surface area contributed by atoms with Crippen LogP contribution in [0.1, 0.15) is 0 Å². The zero-order valence-corrected chi connectivity index (χ0v) is 21.9. The molecular weight excluding hydrogens is 646 g/mol. The summed E-state index contributed by atoms with van der Waals surface area (Å²) in [5, 5.41) is 2.27. The molecule has 3 heterocycles. The first-order valence-corrected chi connectivity index (χ1v) is 12.2. The van der Waals surface area contributed by atoms with Gasteiger partial charge in [-0.15, -0.1) is 47.4 Å². The van der Waals surface area contributed by atoms with E-state index in [1.165, 1.54) is 0 Å². The molecule has 2 aromatic heterocycles. The van der Waals surface area contributed by atoms with Crippen LogP contribution >= 0.6 is 11.6 Å². The maximum Gasteiger partial charge on any atom is 2.00 e. The molecule has 1 aliphatic heterocycles. The van der Waals surface area contributed by atoms with Gasteiger partial charge < -0.3 is 14.0 Å². The summed E-state index contributed by atoms with van der Waals surface area (Å²) in [5.74, 6) is 2.14. The minimum Gasteiger partial charge on any atom is -0.547 e. The van der Waals surface area contributed by atoms with Crippen LogP contribution in [0.5, 0.6) is 17.2 Å². The van der Waals surface area contributed by atoms with E-state index in [1.807, 2.05) is 72.9 Å². The molecule has 0 radical (unpaired) electrons. The fourth-order valence-electron chi connectivity index (χ4n) is 4.47. The van der Waals surface area contributed by atoms with Crippen molar-refractivity contribution < 1.29 is 30.5 Å². The van der Waals surface area contributed by atoms with E-state index >= 15 is 0 Å². The molecule has 0 saturated heterocycles. The standard InChI is InChI=1S/C29H17BN2O2S.Pt/c1-2-14-26-24(12-1)25-13-7-17-31-29(25)32(26)21-9-6-11-23(19-21)33-22-10-5-8-20(18-22)30-34-27-15-3-4-16-28(27)35-30;/h1-17H;/q-2;+2. The van der Waals surface area contributed by atoms with Crippen molar-refractivity contribution in [1.82, 2.24) is 9.55 Å². The van der Waals surface area contributed by atoms with Gasteiger partial charge in [0.15, 0.2) is 0 Å². The Labute approximate surface area is 227 Å². The molecule has 6 aromatic rings. The number of ether oxygens (including phenoxy) is 1. The Kier molecular flexibility index (Phi) is 6.08. The maximum atomic E-state index is 6.21. The molecule has 36 heavy (non-hydrogen) atoms. The van der Waals surface area contributed by atoms with Crippen molar-refractivity contribution in [3.63, 3.8) is 0 Å². The Bertz CT molecular complexity index is 1640. The topological polar surface area (TPSA) is 36.3 Å². The number of para-hydroxylation sites is 2. The number of benzene rings is 4. The van der Waals surface area contributed by atoms with Crippen molar-refractivity contribution in [3.05, 3.63) is 115 Å². The van der Waals surface area contributed by atoms with Gasteiger partial charge in [-0.05, 0) is 30.3 Å². The molecule has 174 valence electrons. The fourth-order valence-corrected chi connectivity index (χ4v) is 5.51. The zero-order valence-electron chi connectivity index (χ0n) is 18.8. The number of hydrogen-bond acceptors (Lipinski definition) is 4. The Morgan fingerprint density at radius 2 is 1.56 bits per heavy atom. The predicted octanol–water partition coefficient (Wildman–Crippen LogP) is 6.45. The maximum absolute atomic E-state index is 6.21. The molecule has 0 aliphatic carbocycles. The van der Waals surface area contributed by atoms with E-state index in [0.717, 1.165) is 43.7 Å². The molecule has 0 fully saturated rings. The van der Waals surface area contributed by atoms with E-state index in [9.17, 15) is 0 Å². The molecule has 0 spiro atoms. The molecule has 0 N–H and O–H groups in total. The molecule has 4 aromatic carbocycles. The van der Waals surface area contributed by atoms with Gasteiger partial charge in [-0.2, -0.15) is 18.2 Å². The zero-order chi connectivity index (χ0) is 23.2. The first-order chi connectivity index (χ1) is 17.3. The quantitative estimate of drug-likeness (QED) is 0.161. The number of pyridine rings is 1. The average molecular weight is 663 g/mol. The smallest absolute Gasteiger partial charge is 0.547 e. The third kappa shape index (κ3) is 4.01. The van der Waals surface area contributed by atoms with E-state index in [4.69, 9.17) is 9.39 Å². The number of aromatic nitrogens is 2. The molecule has 7 heteroatoms. The van der Waals surface area contributed by atoms with E-state index in [2.05, 4.69) is 52.0 Å². The van der Waals surface area contributed by atoms with Crippen molar-refractivity contribution in [2.24, 2.45) is 0 Å². The van der Waals surface area contributed by atoms with Gasteiger partial charge in [0.1, 0.15) is 11.4 Å². The van der Waals surface area contributed by atoms with Crippen molar-refractivity contribution in [2.75, 3.05) is 0 Å². The van der Waals surface area contributed by atoms with Gasteiger partial charge in [-0.1, -0.05) is 36.0 Å². The van der Waals surface area contributed by atoms with Crippen molar-refractivity contribution >= 4 is 45.2 Å². The van der Waals surface area contributed by atoms with Crippen molar-refractivity contribution in [3.8, 4) is 22.9 Å². The number of rotatable bonds is 4. The first kappa shape index (κ1) is 23.0. The SMILES string of the molecule is [Pt+2].[c-]1c(Oc2[c-]c(-n3c4ccccc4c4cccnc43)ccc2)cccc1B1Oc2ccccc2S1. The molecule has 1 aliphatic rings. The van der Waals surface area contributed by atoms with Gasteiger partial charge in [0.05, 0.1) is 5.52 Å². The van der Waals surface area contributed by atoms with Crippen LogP contribution in [0.15, 0.2) is 108 Å². The number of fused-ring (bicyclic) bond motifs is 4. The van der Waals surface area contributed by atoms with Crippen molar-refractivity contribution in [1.29, 1.82) is 0 Å². The van der Waals surface area contributed by atoms with Gasteiger partial charge in [-0.25, -0.2) is 4.98 Å². The van der Waals surface area contributed by atoms with E-state index in [1.54, 1.807) is 11.6 Å². The van der Waals surface area contributed by atoms with Crippen LogP contribution in [-0.2, 0) is 21.1 Å². The van der Waals surface area contributed by atoms with Crippen molar-refractivity contribution in [2.45, 2.75) is 4.90 Å². The second-order valence-corrected chi connectivity index (χ2v) is 9.32. The molecule has 0 atom stereocenters. The summed E-state index contributed by atoms with van der Waals surface area (Å²) in [6.07, 6.45) is 1.68. The van der Waals surface area contributed by atoms with E-state index in [0.29, 0.717) is 11.5 Å². The molecule has 4 nitrogen and oxygen atoms in total. The van der Waals surface area contributed by atoms with E-state index < -0.39 is 0 Å². The molecular formula is C29H17BN2O2PtS. The minimum atomic E-state index is -0.144. The minimum absolute atomic E-state index is 0. The second-order valence-electron chi connectivity index (χ2n) is 8.21. The summed E-state index contributed by atoms with van der Waals surface area (Å²) in [6.45, 7) is 0. The van der Waals surface area contributed by atoms with Gasteiger partial charge in [0.2, 0.25) is 0 Å². The summed E-state index contributed by atoms with van der Waals surface area (Å²) in [7, 11) is 0. The second kappa shape index (κ2) is 9.53. The monoisotopic (exact) mass is 663 g/mol. The van der Waals surface area contributed by atoms with Crippen LogP contribution in [-0.4, -0.2) is 15.7 Å². The number of nitrogens with zero attached hydrogens (tertiary/aromatic N) is 2. The molecule has 0 bridgehead atoms. The first-order valence-electron chi connectivity index (χ1n) is 11.3. The van der Waals surface area contributed by atoms with Gasteiger partial charge in [-0.3, -0.25) is 0 Å². The molecule has 0 saturated carbocycles. The Morgan fingerprint density at radius 3 is 2.47 bits per heavy atom. The third-order valence-electron chi connectivity index (χ3n) is 6.01. The molecule has 7 rings (SSSR count). The normalized spacial score (nSPS) is 12.3. The van der Waals surface area contributed by atoms with Crippen LogP contribution < -0.4 is 14.9 Å². The van der Waals surface area contributed by atoms with Gasteiger partial charge >= 0.3 is 27.3 Å². The summed E-state index contributed by atoms with van der Waals surface area (Å²) in [4.78, 5) is 5.80. The van der Waals surface area contributed by atoms with Crippen LogP contribution in [0.4, 0.5) is 0 Å². The van der Waals surface area contributed by atoms with Crippen LogP contribution in [0, 0.1) is 12.1 Å². The molecule has 0 amide bonds. The Hall–Kier alpha value is -3.47. The summed E-state index contributed by atoms with van der Waals surface area (Å²) >= 11 is 1.68.